The fourth-order valence-corrected chi connectivity index (χ4v) is 0.847. The molecule has 0 spiro atoms. The van der Waals surface area contributed by atoms with Gasteiger partial charge in [-0.2, -0.15) is 0 Å². The molecule has 0 amide bonds. The van der Waals surface area contributed by atoms with E-state index in [0.717, 1.165) is 11.8 Å². The minimum atomic E-state index is -0.00106. The van der Waals surface area contributed by atoms with Crippen LogP contribution in [-0.2, 0) is 6.54 Å². The van der Waals surface area contributed by atoms with Crippen LogP contribution >= 0.6 is 0 Å². The number of nitrogens with one attached hydrogen (secondary N) is 1. The van der Waals surface area contributed by atoms with Crippen molar-refractivity contribution in [2.75, 3.05) is 0 Å². The zero-order chi connectivity index (χ0) is 8.81. The molecule has 0 saturated carbocycles. The summed E-state index contributed by atoms with van der Waals surface area (Å²) in [7, 11) is 0. The van der Waals surface area contributed by atoms with Crippen molar-refractivity contribution in [1.29, 1.82) is 0 Å². The standard InChI is InChI=1S/C9H12N2O/c10-6-9(12)11-7-8-4-2-1-3-5-8/h1-6,11-12H,7,10H2/b9-6+. The zero-order valence-electron chi connectivity index (χ0n) is 6.70. The average Bonchev–Trinajstić information content (AvgIpc) is 2.16. The Hall–Kier alpha value is -1.64. The first-order valence-electron chi connectivity index (χ1n) is 3.71. The van der Waals surface area contributed by atoms with Crippen LogP contribution in [0.25, 0.3) is 0 Å². The van der Waals surface area contributed by atoms with Gasteiger partial charge in [-0.3, -0.25) is 0 Å². The lowest BCUT2D eigenvalue weighted by molar-refractivity contribution is 0.361. The quantitative estimate of drug-likeness (QED) is 0.586. The van der Waals surface area contributed by atoms with Gasteiger partial charge in [0.1, 0.15) is 0 Å². The number of hydrogen-bond donors (Lipinski definition) is 3. The third kappa shape index (κ3) is 2.54. The fraction of sp³-hybridized carbons (Fsp3) is 0.111. The van der Waals surface area contributed by atoms with Crippen LogP contribution in [0.2, 0.25) is 0 Å². The fourth-order valence-electron chi connectivity index (χ4n) is 0.847. The Morgan fingerprint density at radius 1 is 1.42 bits per heavy atom. The van der Waals surface area contributed by atoms with Crippen molar-refractivity contribution in [3.8, 4) is 0 Å². The van der Waals surface area contributed by atoms with Gasteiger partial charge < -0.3 is 16.2 Å². The minimum Gasteiger partial charge on any atom is -0.494 e. The molecule has 1 aromatic rings. The SMILES string of the molecule is N/C=C(/O)NCc1ccccc1. The third-order valence-corrected chi connectivity index (χ3v) is 1.47. The van der Waals surface area contributed by atoms with Crippen molar-refractivity contribution >= 4 is 0 Å². The Labute approximate surface area is 71.5 Å². The monoisotopic (exact) mass is 164 g/mol. The molecule has 1 aromatic carbocycles. The first-order valence-corrected chi connectivity index (χ1v) is 3.71. The van der Waals surface area contributed by atoms with Crippen LogP contribution in [0.5, 0.6) is 0 Å². The second kappa shape index (κ2) is 4.28. The van der Waals surface area contributed by atoms with Crippen LogP contribution in [0, 0.1) is 0 Å². The highest BCUT2D eigenvalue weighted by Gasteiger charge is 1.91. The Balaban J connectivity index is 2.44. The third-order valence-electron chi connectivity index (χ3n) is 1.47. The lowest BCUT2D eigenvalue weighted by atomic mass is 10.2. The summed E-state index contributed by atoms with van der Waals surface area (Å²) in [6, 6.07) is 9.77. The maximum atomic E-state index is 8.94. The van der Waals surface area contributed by atoms with Gasteiger partial charge in [0.05, 0.1) is 6.20 Å². The smallest absolute Gasteiger partial charge is 0.200 e. The van der Waals surface area contributed by atoms with E-state index >= 15 is 0 Å². The molecular formula is C9H12N2O. The van der Waals surface area contributed by atoms with Gasteiger partial charge in [0.2, 0.25) is 5.88 Å². The van der Waals surface area contributed by atoms with Gasteiger partial charge in [-0.05, 0) is 5.56 Å². The molecule has 4 N–H and O–H groups in total. The molecule has 0 fully saturated rings. The highest BCUT2D eigenvalue weighted by molar-refractivity contribution is 5.14. The van der Waals surface area contributed by atoms with E-state index in [1.807, 2.05) is 30.3 Å². The summed E-state index contributed by atoms with van der Waals surface area (Å²) in [6.45, 7) is 0.584. The molecule has 64 valence electrons. The molecule has 1 rings (SSSR count). The van der Waals surface area contributed by atoms with E-state index in [0.29, 0.717) is 6.54 Å². The van der Waals surface area contributed by atoms with E-state index in [2.05, 4.69) is 5.32 Å². The Kier molecular flexibility index (Phi) is 3.02. The molecule has 0 aliphatic heterocycles. The largest absolute Gasteiger partial charge is 0.494 e. The molecule has 0 heterocycles. The van der Waals surface area contributed by atoms with Gasteiger partial charge >= 0.3 is 0 Å². The van der Waals surface area contributed by atoms with E-state index in [-0.39, 0.29) is 5.88 Å². The van der Waals surface area contributed by atoms with Crippen molar-refractivity contribution in [2.45, 2.75) is 6.54 Å². The van der Waals surface area contributed by atoms with E-state index in [1.165, 1.54) is 0 Å². The number of nitrogens with two attached hydrogens (primary N) is 1. The Morgan fingerprint density at radius 2 is 2.08 bits per heavy atom. The average molecular weight is 164 g/mol. The highest BCUT2D eigenvalue weighted by Crippen LogP contribution is 1.97. The van der Waals surface area contributed by atoms with Crippen molar-refractivity contribution in [3.63, 3.8) is 0 Å². The molecule has 0 aliphatic carbocycles. The topological polar surface area (TPSA) is 58.3 Å². The first-order chi connectivity index (χ1) is 5.83. The predicted octanol–water partition coefficient (Wildman–Crippen LogP) is 1.09. The summed E-state index contributed by atoms with van der Waals surface area (Å²) < 4.78 is 0. The Morgan fingerprint density at radius 3 is 2.67 bits per heavy atom. The minimum absolute atomic E-state index is 0.00106. The summed E-state index contributed by atoms with van der Waals surface area (Å²) >= 11 is 0. The molecule has 3 nitrogen and oxygen atoms in total. The summed E-state index contributed by atoms with van der Waals surface area (Å²) in [4.78, 5) is 0. The van der Waals surface area contributed by atoms with Crippen LogP contribution in [0.15, 0.2) is 42.4 Å². The molecule has 0 atom stereocenters. The Bertz CT molecular complexity index is 256. The number of aliphatic hydroxyl groups is 1. The van der Waals surface area contributed by atoms with Crippen molar-refractivity contribution in [1.82, 2.24) is 5.32 Å². The maximum absolute atomic E-state index is 8.94. The van der Waals surface area contributed by atoms with Gasteiger partial charge in [-0.15, -0.1) is 0 Å². The van der Waals surface area contributed by atoms with E-state index in [9.17, 15) is 0 Å². The van der Waals surface area contributed by atoms with Gasteiger partial charge in [0.25, 0.3) is 0 Å². The normalized spacial score (nSPS) is 11.2. The molecule has 0 unspecified atom stereocenters. The summed E-state index contributed by atoms with van der Waals surface area (Å²) in [5, 5.41) is 11.7. The maximum Gasteiger partial charge on any atom is 0.200 e. The van der Waals surface area contributed by atoms with Gasteiger partial charge in [0.15, 0.2) is 0 Å². The molecule has 0 aliphatic rings. The van der Waals surface area contributed by atoms with Crippen LogP contribution in [0.1, 0.15) is 5.56 Å². The molecule has 0 aromatic heterocycles. The molecular weight excluding hydrogens is 152 g/mol. The first kappa shape index (κ1) is 8.46. The zero-order valence-corrected chi connectivity index (χ0v) is 6.70. The van der Waals surface area contributed by atoms with Gasteiger partial charge in [-0.1, -0.05) is 30.3 Å². The van der Waals surface area contributed by atoms with Crippen molar-refractivity contribution in [3.05, 3.63) is 48.0 Å². The van der Waals surface area contributed by atoms with E-state index in [1.54, 1.807) is 0 Å². The second-order valence-corrected chi connectivity index (χ2v) is 2.39. The number of aliphatic hydroxyl groups excluding tert-OH is 1. The van der Waals surface area contributed by atoms with E-state index in [4.69, 9.17) is 10.8 Å². The predicted molar refractivity (Wildman–Crippen MR) is 48.2 cm³/mol. The lowest BCUT2D eigenvalue weighted by Gasteiger charge is -2.03. The summed E-state index contributed by atoms with van der Waals surface area (Å²) in [5.74, 6) is -0.00106. The molecule has 3 heteroatoms. The molecule has 12 heavy (non-hydrogen) atoms. The number of rotatable bonds is 3. The van der Waals surface area contributed by atoms with Gasteiger partial charge in [0, 0.05) is 6.54 Å². The molecule has 0 saturated heterocycles. The lowest BCUT2D eigenvalue weighted by Crippen LogP contribution is -2.13. The van der Waals surface area contributed by atoms with Gasteiger partial charge in [-0.25, -0.2) is 0 Å². The van der Waals surface area contributed by atoms with Crippen LogP contribution in [-0.4, -0.2) is 5.11 Å². The van der Waals surface area contributed by atoms with Crippen molar-refractivity contribution in [2.24, 2.45) is 5.73 Å². The highest BCUT2D eigenvalue weighted by atomic mass is 16.3. The van der Waals surface area contributed by atoms with Crippen LogP contribution in [0.3, 0.4) is 0 Å². The number of hydrogen-bond acceptors (Lipinski definition) is 3. The molecule has 0 bridgehead atoms. The number of benzene rings is 1. The molecule has 0 radical (unpaired) electrons. The summed E-state index contributed by atoms with van der Waals surface area (Å²) in [5.41, 5.74) is 6.16. The van der Waals surface area contributed by atoms with Crippen LogP contribution in [0.4, 0.5) is 0 Å². The van der Waals surface area contributed by atoms with E-state index < -0.39 is 0 Å². The summed E-state index contributed by atoms with van der Waals surface area (Å²) in [6.07, 6.45) is 1.13. The second-order valence-electron chi connectivity index (χ2n) is 2.39. The van der Waals surface area contributed by atoms with Crippen molar-refractivity contribution < 1.29 is 5.11 Å². The van der Waals surface area contributed by atoms with Crippen LogP contribution < -0.4 is 11.1 Å².